The lowest BCUT2D eigenvalue weighted by Crippen LogP contribution is -2.40. The summed E-state index contributed by atoms with van der Waals surface area (Å²) in [6.07, 6.45) is -6.53. The van der Waals surface area contributed by atoms with Crippen molar-refractivity contribution >= 4 is 17.7 Å². The lowest BCUT2D eigenvalue weighted by molar-refractivity contribution is -0.384. The maximum absolute atomic E-state index is 13.0. The van der Waals surface area contributed by atoms with Gasteiger partial charge in [0.15, 0.2) is 0 Å². The highest BCUT2D eigenvalue weighted by Crippen LogP contribution is 2.39. The van der Waals surface area contributed by atoms with Crippen LogP contribution < -0.4 is 4.74 Å². The number of nitrogens with zero attached hydrogens (tertiary/aromatic N) is 1. The topological polar surface area (TPSA) is 89.7 Å². The summed E-state index contributed by atoms with van der Waals surface area (Å²) in [5.41, 5.74) is 0.0104. The van der Waals surface area contributed by atoms with E-state index in [-0.39, 0.29) is 17.0 Å². The molecule has 1 heterocycles. The van der Waals surface area contributed by atoms with Crippen LogP contribution in [0.1, 0.15) is 5.56 Å². The zero-order valence-corrected chi connectivity index (χ0v) is 12.9. The molecular weight excluding hydrogens is 355 g/mol. The zero-order chi connectivity index (χ0) is 19.1. The van der Waals surface area contributed by atoms with Gasteiger partial charge in [-0.1, -0.05) is 18.2 Å². The van der Waals surface area contributed by atoms with E-state index in [9.17, 15) is 28.1 Å². The minimum atomic E-state index is -4.87. The number of rotatable bonds is 3. The Morgan fingerprint density at radius 1 is 1.15 bits per heavy atom. The van der Waals surface area contributed by atoms with E-state index in [1.807, 2.05) is 0 Å². The van der Waals surface area contributed by atoms with E-state index in [1.54, 1.807) is 6.07 Å². The largest absolute Gasteiger partial charge is 0.478 e. The Kier molecular flexibility index (Phi) is 4.15. The molecule has 0 bridgehead atoms. The van der Waals surface area contributed by atoms with Crippen LogP contribution in [0.5, 0.6) is 5.75 Å². The van der Waals surface area contributed by atoms with Gasteiger partial charge in [-0.05, 0) is 29.3 Å². The first kappa shape index (κ1) is 17.5. The van der Waals surface area contributed by atoms with Gasteiger partial charge in [-0.3, -0.25) is 10.1 Å². The van der Waals surface area contributed by atoms with Crippen molar-refractivity contribution in [3.8, 4) is 16.9 Å². The molecule has 3 rings (SSSR count). The first-order valence-corrected chi connectivity index (χ1v) is 7.24. The van der Waals surface area contributed by atoms with E-state index in [0.717, 1.165) is 6.08 Å². The molecule has 1 N–H and O–H groups in total. The molecule has 134 valence electrons. The van der Waals surface area contributed by atoms with E-state index in [0.29, 0.717) is 11.1 Å². The second-order valence-electron chi connectivity index (χ2n) is 5.50. The summed E-state index contributed by atoms with van der Waals surface area (Å²) in [6, 6.07) is 9.83. The minimum Gasteiger partial charge on any atom is -0.478 e. The molecule has 0 fully saturated rings. The van der Waals surface area contributed by atoms with Gasteiger partial charge < -0.3 is 9.84 Å². The number of nitro benzene ring substituents is 1. The average Bonchev–Trinajstić information content (AvgIpc) is 2.59. The van der Waals surface area contributed by atoms with Gasteiger partial charge in [0.1, 0.15) is 5.75 Å². The van der Waals surface area contributed by atoms with Crippen molar-refractivity contribution in [1.29, 1.82) is 0 Å². The lowest BCUT2D eigenvalue weighted by atomic mass is 9.97. The summed E-state index contributed by atoms with van der Waals surface area (Å²) in [5, 5.41) is 19.9. The fourth-order valence-electron chi connectivity index (χ4n) is 2.60. The Morgan fingerprint density at radius 3 is 2.46 bits per heavy atom. The van der Waals surface area contributed by atoms with Gasteiger partial charge in [-0.15, -0.1) is 0 Å². The highest BCUT2D eigenvalue weighted by atomic mass is 19.4. The Balaban J connectivity index is 2.07. The molecule has 0 aliphatic carbocycles. The molecule has 0 spiro atoms. The molecule has 2 aromatic rings. The molecule has 0 saturated heterocycles. The summed E-state index contributed by atoms with van der Waals surface area (Å²) < 4.78 is 43.9. The van der Waals surface area contributed by atoms with Gasteiger partial charge in [0.25, 0.3) is 5.69 Å². The van der Waals surface area contributed by atoms with Gasteiger partial charge in [-0.25, -0.2) is 4.79 Å². The van der Waals surface area contributed by atoms with Crippen LogP contribution in [-0.4, -0.2) is 28.3 Å². The van der Waals surface area contributed by atoms with E-state index in [2.05, 4.69) is 0 Å². The molecular formula is C17H10F3NO5. The summed E-state index contributed by atoms with van der Waals surface area (Å²) in [4.78, 5) is 21.5. The molecule has 0 aromatic heterocycles. The van der Waals surface area contributed by atoms with Gasteiger partial charge in [0, 0.05) is 17.7 Å². The predicted octanol–water partition coefficient (Wildman–Crippen LogP) is 4.05. The van der Waals surface area contributed by atoms with Gasteiger partial charge in [0.05, 0.1) is 10.5 Å². The second-order valence-corrected chi connectivity index (χ2v) is 5.50. The number of carboxylic acid groups (broad SMARTS) is 1. The molecule has 9 heteroatoms. The quantitative estimate of drug-likeness (QED) is 0.655. The fourth-order valence-corrected chi connectivity index (χ4v) is 2.60. The van der Waals surface area contributed by atoms with Crippen molar-refractivity contribution in [3.63, 3.8) is 0 Å². The van der Waals surface area contributed by atoms with Gasteiger partial charge in [0.2, 0.25) is 6.10 Å². The molecule has 0 radical (unpaired) electrons. The molecule has 0 amide bonds. The number of benzene rings is 2. The second kappa shape index (κ2) is 6.17. The summed E-state index contributed by atoms with van der Waals surface area (Å²) in [6.45, 7) is 0. The number of aliphatic carboxylic acids is 1. The first-order valence-electron chi connectivity index (χ1n) is 7.24. The monoisotopic (exact) mass is 365 g/mol. The molecule has 26 heavy (non-hydrogen) atoms. The van der Waals surface area contributed by atoms with Crippen molar-refractivity contribution in [2.75, 3.05) is 0 Å². The number of fused-ring (bicyclic) bond motifs is 1. The molecule has 1 atom stereocenters. The Morgan fingerprint density at radius 2 is 1.85 bits per heavy atom. The van der Waals surface area contributed by atoms with E-state index < -0.39 is 28.7 Å². The smallest absolute Gasteiger partial charge is 0.430 e. The van der Waals surface area contributed by atoms with Crippen molar-refractivity contribution in [2.24, 2.45) is 0 Å². The number of halogens is 3. The summed E-state index contributed by atoms with van der Waals surface area (Å²) in [7, 11) is 0. The maximum atomic E-state index is 13.0. The van der Waals surface area contributed by atoms with Crippen LogP contribution in [0.4, 0.5) is 18.9 Å². The Bertz CT molecular complexity index is 936. The number of carboxylic acids is 1. The van der Waals surface area contributed by atoms with Crippen molar-refractivity contribution in [1.82, 2.24) is 0 Å². The van der Waals surface area contributed by atoms with E-state index in [4.69, 9.17) is 9.84 Å². The molecule has 1 unspecified atom stereocenters. The number of alkyl halides is 3. The minimum absolute atomic E-state index is 0.119. The molecule has 6 nitrogen and oxygen atoms in total. The molecule has 0 saturated carbocycles. The molecule has 1 aliphatic rings. The highest BCUT2D eigenvalue weighted by Gasteiger charge is 2.48. The fraction of sp³-hybridized carbons (Fsp3) is 0.118. The van der Waals surface area contributed by atoms with Crippen LogP contribution >= 0.6 is 0 Å². The van der Waals surface area contributed by atoms with E-state index in [1.165, 1.54) is 36.4 Å². The van der Waals surface area contributed by atoms with Crippen molar-refractivity contribution in [3.05, 3.63) is 63.7 Å². The third-order valence-corrected chi connectivity index (χ3v) is 3.78. The van der Waals surface area contributed by atoms with Crippen molar-refractivity contribution in [2.45, 2.75) is 12.3 Å². The number of hydrogen-bond donors (Lipinski definition) is 1. The zero-order valence-electron chi connectivity index (χ0n) is 12.9. The van der Waals surface area contributed by atoms with E-state index >= 15 is 0 Å². The third kappa shape index (κ3) is 3.23. The van der Waals surface area contributed by atoms with Gasteiger partial charge >= 0.3 is 12.1 Å². The predicted molar refractivity (Wildman–Crippen MR) is 84.6 cm³/mol. The number of carbonyl (C=O) groups is 1. The number of ether oxygens (including phenoxy) is 1. The normalized spacial score (nSPS) is 16.3. The van der Waals surface area contributed by atoms with Crippen LogP contribution in [0.2, 0.25) is 0 Å². The summed E-state index contributed by atoms with van der Waals surface area (Å²) >= 11 is 0. The molecule has 1 aliphatic heterocycles. The SMILES string of the molecule is O=C(O)C1=Cc2cc(-c3cccc([N+](=O)[O-])c3)ccc2OC1C(F)(F)F. The van der Waals surface area contributed by atoms with Crippen LogP contribution in [-0.2, 0) is 4.79 Å². The number of nitro groups is 1. The van der Waals surface area contributed by atoms with Crippen molar-refractivity contribution < 1.29 is 32.7 Å². The number of non-ortho nitro benzene ring substituents is 1. The maximum Gasteiger partial charge on any atom is 0.430 e. The lowest BCUT2D eigenvalue weighted by Gasteiger charge is -2.27. The first-order chi connectivity index (χ1) is 12.2. The van der Waals surface area contributed by atoms with Gasteiger partial charge in [-0.2, -0.15) is 13.2 Å². The van der Waals surface area contributed by atoms with Crippen LogP contribution in [0.25, 0.3) is 17.2 Å². The standard InChI is InChI=1S/C17H10F3NO5/c18-17(19,20)15-13(16(22)23)8-11-6-10(4-5-14(11)26-15)9-2-1-3-12(7-9)21(24)25/h1-8,15H,(H,22,23). The van der Waals surface area contributed by atoms with Crippen LogP contribution in [0, 0.1) is 10.1 Å². The Hall–Kier alpha value is -3.36. The molecule has 2 aromatic carbocycles. The highest BCUT2D eigenvalue weighted by molar-refractivity contribution is 5.95. The van der Waals surface area contributed by atoms with Crippen LogP contribution in [0.3, 0.4) is 0 Å². The van der Waals surface area contributed by atoms with Crippen LogP contribution in [0.15, 0.2) is 48.0 Å². The Labute approximate surface area is 144 Å². The average molecular weight is 365 g/mol. The third-order valence-electron chi connectivity index (χ3n) is 3.78. The summed E-state index contributed by atoms with van der Waals surface area (Å²) in [5.74, 6) is -1.86. The number of hydrogen-bond acceptors (Lipinski definition) is 4.